The molecule has 0 aliphatic heterocycles. The standard InChI is InChI=1S/C13H18ClNO3S/c1-5-15(9(2)3)13(16)11-8-10(4)6-7-12(11)19(14,17)18/h6-9H,5H2,1-4H3. The number of benzene rings is 1. The first-order chi connectivity index (χ1) is 8.68. The number of carbonyl (C=O) groups is 1. The normalized spacial score (nSPS) is 11.7. The Morgan fingerprint density at radius 3 is 2.37 bits per heavy atom. The lowest BCUT2D eigenvalue weighted by atomic mass is 10.1. The SMILES string of the molecule is CCN(C(=O)c1cc(C)ccc1S(=O)(=O)Cl)C(C)C. The minimum Gasteiger partial charge on any atom is -0.336 e. The highest BCUT2D eigenvalue weighted by Gasteiger charge is 2.25. The lowest BCUT2D eigenvalue weighted by molar-refractivity contribution is 0.0713. The summed E-state index contributed by atoms with van der Waals surface area (Å²) in [6, 6.07) is 4.54. The van der Waals surface area contributed by atoms with Gasteiger partial charge in [0.05, 0.1) is 10.5 Å². The highest BCUT2D eigenvalue weighted by atomic mass is 35.7. The van der Waals surface area contributed by atoms with E-state index in [-0.39, 0.29) is 22.4 Å². The highest BCUT2D eigenvalue weighted by molar-refractivity contribution is 8.13. The van der Waals surface area contributed by atoms with Crippen LogP contribution in [0.15, 0.2) is 23.1 Å². The van der Waals surface area contributed by atoms with E-state index in [0.29, 0.717) is 6.54 Å². The number of nitrogens with zero attached hydrogens (tertiary/aromatic N) is 1. The second kappa shape index (κ2) is 5.92. The fourth-order valence-corrected chi connectivity index (χ4v) is 2.96. The summed E-state index contributed by atoms with van der Waals surface area (Å²) in [4.78, 5) is 13.9. The summed E-state index contributed by atoms with van der Waals surface area (Å²) in [5, 5.41) is 0. The second-order valence-corrected chi connectivity index (χ2v) is 7.16. The van der Waals surface area contributed by atoms with Crippen molar-refractivity contribution in [2.45, 2.75) is 38.6 Å². The third kappa shape index (κ3) is 3.70. The van der Waals surface area contributed by atoms with Gasteiger partial charge < -0.3 is 4.90 Å². The molecule has 1 rings (SSSR count). The first kappa shape index (κ1) is 16.0. The molecule has 0 saturated carbocycles. The Balaban J connectivity index is 3.41. The number of halogens is 1. The number of hydrogen-bond donors (Lipinski definition) is 0. The van der Waals surface area contributed by atoms with Crippen LogP contribution in [0.2, 0.25) is 0 Å². The third-order valence-corrected chi connectivity index (χ3v) is 4.23. The van der Waals surface area contributed by atoms with Gasteiger partial charge in [-0.1, -0.05) is 11.6 Å². The molecule has 0 aromatic heterocycles. The Labute approximate surface area is 118 Å². The smallest absolute Gasteiger partial charge is 0.262 e. The number of hydrogen-bond acceptors (Lipinski definition) is 3. The molecule has 0 atom stereocenters. The number of amides is 1. The molecule has 0 aliphatic rings. The molecule has 106 valence electrons. The van der Waals surface area contributed by atoms with Gasteiger partial charge in [0, 0.05) is 23.3 Å². The van der Waals surface area contributed by atoms with Gasteiger partial charge in [-0.15, -0.1) is 0 Å². The summed E-state index contributed by atoms with van der Waals surface area (Å²) < 4.78 is 23.1. The van der Waals surface area contributed by atoms with Crippen LogP contribution in [0.4, 0.5) is 0 Å². The maximum Gasteiger partial charge on any atom is 0.262 e. The van der Waals surface area contributed by atoms with Crippen LogP contribution in [0, 0.1) is 6.92 Å². The molecule has 6 heteroatoms. The van der Waals surface area contributed by atoms with Crippen molar-refractivity contribution in [3.05, 3.63) is 29.3 Å². The average molecular weight is 304 g/mol. The fraction of sp³-hybridized carbons (Fsp3) is 0.462. The maximum atomic E-state index is 12.4. The number of carbonyl (C=O) groups excluding carboxylic acids is 1. The lowest BCUT2D eigenvalue weighted by Crippen LogP contribution is -2.37. The molecule has 1 aromatic rings. The molecule has 1 aromatic carbocycles. The van der Waals surface area contributed by atoms with Crippen molar-refractivity contribution in [1.82, 2.24) is 4.90 Å². The molecular formula is C13H18ClNO3S. The lowest BCUT2D eigenvalue weighted by Gasteiger charge is -2.26. The molecule has 0 N–H and O–H groups in total. The van der Waals surface area contributed by atoms with Crippen molar-refractivity contribution in [3.8, 4) is 0 Å². The first-order valence-electron chi connectivity index (χ1n) is 6.04. The van der Waals surface area contributed by atoms with Gasteiger partial charge in [-0.05, 0) is 39.8 Å². The predicted molar refractivity (Wildman–Crippen MR) is 76.1 cm³/mol. The van der Waals surface area contributed by atoms with Crippen LogP contribution < -0.4 is 0 Å². The monoisotopic (exact) mass is 303 g/mol. The number of rotatable bonds is 4. The summed E-state index contributed by atoms with van der Waals surface area (Å²) in [5.41, 5.74) is 0.942. The van der Waals surface area contributed by atoms with Gasteiger partial charge in [-0.3, -0.25) is 4.79 Å². The molecular weight excluding hydrogens is 286 g/mol. The molecule has 0 radical (unpaired) electrons. The average Bonchev–Trinajstić information content (AvgIpc) is 2.27. The van der Waals surface area contributed by atoms with E-state index in [2.05, 4.69) is 0 Å². The molecule has 0 fully saturated rings. The van der Waals surface area contributed by atoms with Crippen LogP contribution in [0.3, 0.4) is 0 Å². The first-order valence-corrected chi connectivity index (χ1v) is 8.35. The Hall–Kier alpha value is -1.07. The van der Waals surface area contributed by atoms with Crippen molar-refractivity contribution in [3.63, 3.8) is 0 Å². The van der Waals surface area contributed by atoms with Gasteiger partial charge >= 0.3 is 0 Å². The van der Waals surface area contributed by atoms with E-state index >= 15 is 0 Å². The minimum absolute atomic E-state index is 0.0103. The third-order valence-electron chi connectivity index (χ3n) is 2.85. The van der Waals surface area contributed by atoms with E-state index in [4.69, 9.17) is 10.7 Å². The molecule has 19 heavy (non-hydrogen) atoms. The Bertz CT molecular complexity index is 582. The summed E-state index contributed by atoms with van der Waals surface area (Å²) in [6.45, 7) is 7.92. The zero-order valence-corrected chi connectivity index (χ0v) is 13.0. The molecule has 0 unspecified atom stereocenters. The highest BCUT2D eigenvalue weighted by Crippen LogP contribution is 2.23. The largest absolute Gasteiger partial charge is 0.336 e. The van der Waals surface area contributed by atoms with E-state index in [0.717, 1.165) is 5.56 Å². The summed E-state index contributed by atoms with van der Waals surface area (Å²) in [7, 11) is 1.45. The van der Waals surface area contributed by atoms with Crippen LogP contribution in [0.1, 0.15) is 36.7 Å². The second-order valence-electron chi connectivity index (χ2n) is 4.62. The van der Waals surface area contributed by atoms with Gasteiger partial charge in [-0.2, -0.15) is 0 Å². The van der Waals surface area contributed by atoms with Gasteiger partial charge in [0.15, 0.2) is 0 Å². The topological polar surface area (TPSA) is 54.5 Å². The zero-order chi connectivity index (χ0) is 14.8. The van der Waals surface area contributed by atoms with Crippen LogP contribution in [-0.4, -0.2) is 31.8 Å². The van der Waals surface area contributed by atoms with Gasteiger partial charge in [-0.25, -0.2) is 8.42 Å². The van der Waals surface area contributed by atoms with E-state index in [1.807, 2.05) is 20.8 Å². The summed E-state index contributed by atoms with van der Waals surface area (Å²) in [6.07, 6.45) is 0. The zero-order valence-electron chi connectivity index (χ0n) is 11.5. The van der Waals surface area contributed by atoms with Crippen molar-refractivity contribution in [2.24, 2.45) is 0 Å². The van der Waals surface area contributed by atoms with E-state index in [1.54, 1.807) is 24.0 Å². The fourth-order valence-electron chi connectivity index (χ4n) is 1.92. The molecule has 0 aliphatic carbocycles. The van der Waals surface area contributed by atoms with E-state index in [1.165, 1.54) is 6.07 Å². The van der Waals surface area contributed by atoms with Crippen LogP contribution in [-0.2, 0) is 9.05 Å². The van der Waals surface area contributed by atoms with Crippen LogP contribution in [0.25, 0.3) is 0 Å². The van der Waals surface area contributed by atoms with Crippen LogP contribution >= 0.6 is 10.7 Å². The maximum absolute atomic E-state index is 12.4. The molecule has 0 heterocycles. The minimum atomic E-state index is -3.94. The van der Waals surface area contributed by atoms with Gasteiger partial charge in [0.25, 0.3) is 15.0 Å². The molecule has 1 amide bonds. The molecule has 0 saturated heterocycles. The van der Waals surface area contributed by atoms with Gasteiger partial charge in [0.2, 0.25) is 0 Å². The Morgan fingerprint density at radius 1 is 1.37 bits per heavy atom. The van der Waals surface area contributed by atoms with E-state index in [9.17, 15) is 13.2 Å². The Morgan fingerprint density at radius 2 is 1.95 bits per heavy atom. The number of aryl methyl sites for hydroxylation is 1. The van der Waals surface area contributed by atoms with Crippen molar-refractivity contribution >= 4 is 25.6 Å². The van der Waals surface area contributed by atoms with Crippen molar-refractivity contribution < 1.29 is 13.2 Å². The quantitative estimate of drug-likeness (QED) is 0.804. The summed E-state index contributed by atoms with van der Waals surface area (Å²) >= 11 is 0. The predicted octanol–water partition coefficient (Wildman–Crippen LogP) is 2.79. The molecule has 4 nitrogen and oxygen atoms in total. The van der Waals surface area contributed by atoms with Crippen molar-refractivity contribution in [1.29, 1.82) is 0 Å². The Kier molecular flexibility index (Phi) is 4.98. The van der Waals surface area contributed by atoms with E-state index < -0.39 is 9.05 Å². The van der Waals surface area contributed by atoms with Crippen LogP contribution in [0.5, 0.6) is 0 Å². The van der Waals surface area contributed by atoms with Crippen molar-refractivity contribution in [2.75, 3.05) is 6.54 Å². The molecule has 0 bridgehead atoms. The van der Waals surface area contributed by atoms with Gasteiger partial charge in [0.1, 0.15) is 0 Å². The summed E-state index contributed by atoms with van der Waals surface area (Å²) in [5.74, 6) is -0.319. The molecule has 0 spiro atoms.